The van der Waals surface area contributed by atoms with Crippen LogP contribution in [0.15, 0.2) is 55.2 Å². The van der Waals surface area contributed by atoms with Gasteiger partial charge >= 0.3 is 0 Å². The van der Waals surface area contributed by atoms with Crippen molar-refractivity contribution in [3.8, 4) is 17.2 Å². The number of pyridine rings is 1. The lowest BCUT2D eigenvalue weighted by Gasteiger charge is -2.00. The number of imidazole rings is 1. The quantitative estimate of drug-likeness (QED) is 0.563. The predicted molar refractivity (Wildman–Crippen MR) is 78.1 cm³/mol. The second-order valence-corrected chi connectivity index (χ2v) is 4.76. The van der Waals surface area contributed by atoms with Crippen LogP contribution in [-0.2, 0) is 0 Å². The molecule has 4 heterocycles. The van der Waals surface area contributed by atoms with Crippen LogP contribution >= 0.6 is 0 Å². The first-order valence-electron chi connectivity index (χ1n) is 6.58. The van der Waals surface area contributed by atoms with Crippen LogP contribution in [0.2, 0.25) is 0 Å². The van der Waals surface area contributed by atoms with Crippen LogP contribution < -0.4 is 0 Å². The Morgan fingerprint density at radius 3 is 2.57 bits per heavy atom. The van der Waals surface area contributed by atoms with E-state index in [9.17, 15) is 0 Å². The lowest BCUT2D eigenvalue weighted by molar-refractivity contribution is 0.849. The summed E-state index contributed by atoms with van der Waals surface area (Å²) in [4.78, 5) is 13.3. The second kappa shape index (κ2) is 4.52. The minimum atomic E-state index is 0.603. The van der Waals surface area contributed by atoms with Gasteiger partial charge in [-0.2, -0.15) is 5.10 Å². The fourth-order valence-corrected chi connectivity index (χ4v) is 2.17. The van der Waals surface area contributed by atoms with Crippen molar-refractivity contribution in [1.29, 1.82) is 0 Å². The van der Waals surface area contributed by atoms with Crippen molar-refractivity contribution in [2.75, 3.05) is 0 Å². The molecule has 4 aromatic heterocycles. The fourth-order valence-electron chi connectivity index (χ4n) is 2.17. The SMILES string of the molecule is Cc1ccn(-c2cnc(-c3cn4ccccc4n3)nc2)n1. The van der Waals surface area contributed by atoms with E-state index in [1.165, 1.54) is 0 Å². The Kier molecular flexibility index (Phi) is 2.53. The van der Waals surface area contributed by atoms with Gasteiger partial charge in [-0.3, -0.25) is 0 Å². The lowest BCUT2D eigenvalue weighted by atomic mass is 10.4. The van der Waals surface area contributed by atoms with Crippen molar-refractivity contribution < 1.29 is 0 Å². The van der Waals surface area contributed by atoms with Crippen LogP contribution in [0.4, 0.5) is 0 Å². The van der Waals surface area contributed by atoms with Crippen molar-refractivity contribution in [2.45, 2.75) is 6.92 Å². The van der Waals surface area contributed by atoms with E-state index in [4.69, 9.17) is 0 Å². The number of rotatable bonds is 2. The van der Waals surface area contributed by atoms with E-state index in [0.717, 1.165) is 22.7 Å². The minimum absolute atomic E-state index is 0.603. The first-order chi connectivity index (χ1) is 10.3. The minimum Gasteiger partial charge on any atom is -0.306 e. The molecule has 0 aliphatic carbocycles. The molecule has 0 fully saturated rings. The molecule has 0 saturated heterocycles. The van der Waals surface area contributed by atoms with E-state index in [2.05, 4.69) is 20.1 Å². The van der Waals surface area contributed by atoms with Gasteiger partial charge in [-0.05, 0) is 25.1 Å². The Labute approximate surface area is 120 Å². The molecule has 6 heteroatoms. The highest BCUT2D eigenvalue weighted by molar-refractivity contribution is 5.55. The third-order valence-electron chi connectivity index (χ3n) is 3.22. The van der Waals surface area contributed by atoms with Crippen molar-refractivity contribution >= 4 is 5.65 Å². The van der Waals surface area contributed by atoms with E-state index < -0.39 is 0 Å². The topological polar surface area (TPSA) is 60.9 Å². The monoisotopic (exact) mass is 276 g/mol. The summed E-state index contributed by atoms with van der Waals surface area (Å²) in [6, 6.07) is 7.80. The molecule has 4 aromatic rings. The highest BCUT2D eigenvalue weighted by Gasteiger charge is 2.07. The van der Waals surface area contributed by atoms with Crippen molar-refractivity contribution in [1.82, 2.24) is 29.1 Å². The van der Waals surface area contributed by atoms with Crippen molar-refractivity contribution in [3.63, 3.8) is 0 Å². The van der Waals surface area contributed by atoms with E-state index >= 15 is 0 Å². The van der Waals surface area contributed by atoms with E-state index in [1.54, 1.807) is 17.1 Å². The van der Waals surface area contributed by atoms with Crippen LogP contribution in [-0.4, -0.2) is 29.1 Å². The molecule has 0 radical (unpaired) electrons. The largest absolute Gasteiger partial charge is 0.306 e. The van der Waals surface area contributed by atoms with E-state index in [0.29, 0.717) is 5.82 Å². The Morgan fingerprint density at radius 1 is 1.00 bits per heavy atom. The standard InChI is InChI=1S/C15H12N6/c1-11-5-7-21(19-11)12-8-16-15(17-9-12)13-10-20-6-3-2-4-14(20)18-13/h2-10H,1H3. The summed E-state index contributed by atoms with van der Waals surface area (Å²) in [5.74, 6) is 0.603. The van der Waals surface area contributed by atoms with Gasteiger partial charge in [0, 0.05) is 18.6 Å². The van der Waals surface area contributed by atoms with Gasteiger partial charge in [0.15, 0.2) is 5.82 Å². The van der Waals surface area contributed by atoms with Gasteiger partial charge < -0.3 is 4.40 Å². The Balaban J connectivity index is 1.72. The molecule has 21 heavy (non-hydrogen) atoms. The van der Waals surface area contributed by atoms with Crippen LogP contribution in [0.25, 0.3) is 22.9 Å². The number of aromatic nitrogens is 6. The van der Waals surface area contributed by atoms with Gasteiger partial charge in [0.25, 0.3) is 0 Å². The van der Waals surface area contributed by atoms with Gasteiger partial charge in [-0.15, -0.1) is 0 Å². The van der Waals surface area contributed by atoms with E-state index in [-0.39, 0.29) is 0 Å². The third kappa shape index (κ3) is 2.06. The molecule has 0 aliphatic rings. The molecular weight excluding hydrogens is 264 g/mol. The Bertz CT molecular complexity index is 870. The van der Waals surface area contributed by atoms with Gasteiger partial charge in [0.1, 0.15) is 17.0 Å². The lowest BCUT2D eigenvalue weighted by Crippen LogP contribution is -1.98. The van der Waals surface area contributed by atoms with Gasteiger partial charge in [-0.25, -0.2) is 19.6 Å². The zero-order valence-electron chi connectivity index (χ0n) is 11.4. The molecule has 0 amide bonds. The van der Waals surface area contributed by atoms with Gasteiger partial charge in [0.05, 0.1) is 18.1 Å². The van der Waals surface area contributed by atoms with Crippen molar-refractivity contribution in [2.24, 2.45) is 0 Å². The number of aryl methyl sites for hydroxylation is 1. The number of hydrogen-bond donors (Lipinski definition) is 0. The fraction of sp³-hybridized carbons (Fsp3) is 0.0667. The smallest absolute Gasteiger partial charge is 0.179 e. The summed E-state index contributed by atoms with van der Waals surface area (Å²) < 4.78 is 3.70. The molecule has 0 bridgehead atoms. The average Bonchev–Trinajstić information content (AvgIpc) is 3.13. The van der Waals surface area contributed by atoms with Crippen molar-refractivity contribution in [3.05, 3.63) is 60.9 Å². The number of fused-ring (bicyclic) bond motifs is 1. The maximum absolute atomic E-state index is 4.51. The second-order valence-electron chi connectivity index (χ2n) is 4.76. The normalized spacial score (nSPS) is 11.1. The maximum atomic E-state index is 4.51. The van der Waals surface area contributed by atoms with Gasteiger partial charge in [-0.1, -0.05) is 6.07 Å². The summed E-state index contributed by atoms with van der Waals surface area (Å²) in [6.45, 7) is 1.95. The zero-order valence-corrected chi connectivity index (χ0v) is 11.4. The molecule has 0 aromatic carbocycles. The third-order valence-corrected chi connectivity index (χ3v) is 3.22. The molecule has 102 valence electrons. The van der Waals surface area contributed by atoms with Gasteiger partial charge in [0.2, 0.25) is 0 Å². The highest BCUT2D eigenvalue weighted by Crippen LogP contribution is 2.15. The highest BCUT2D eigenvalue weighted by atomic mass is 15.3. The first kappa shape index (κ1) is 11.8. The van der Waals surface area contributed by atoms with Crippen LogP contribution in [0.3, 0.4) is 0 Å². The molecule has 4 rings (SSSR count). The molecule has 0 N–H and O–H groups in total. The molecular formula is C15H12N6. The van der Waals surface area contributed by atoms with Crippen LogP contribution in [0, 0.1) is 6.92 Å². The molecule has 0 unspecified atom stereocenters. The maximum Gasteiger partial charge on any atom is 0.179 e. The first-order valence-corrected chi connectivity index (χ1v) is 6.58. The Morgan fingerprint density at radius 2 is 1.86 bits per heavy atom. The number of nitrogens with zero attached hydrogens (tertiary/aromatic N) is 6. The van der Waals surface area contributed by atoms with Crippen LogP contribution in [0.5, 0.6) is 0 Å². The van der Waals surface area contributed by atoms with E-state index in [1.807, 2.05) is 54.2 Å². The summed E-state index contributed by atoms with van der Waals surface area (Å²) in [5.41, 5.74) is 3.42. The summed E-state index contributed by atoms with van der Waals surface area (Å²) in [5, 5.41) is 4.34. The summed E-state index contributed by atoms with van der Waals surface area (Å²) in [7, 11) is 0. The average molecular weight is 276 g/mol. The predicted octanol–water partition coefficient (Wildman–Crippen LogP) is 2.29. The molecule has 0 spiro atoms. The van der Waals surface area contributed by atoms with Crippen LogP contribution in [0.1, 0.15) is 5.69 Å². The molecule has 0 saturated carbocycles. The zero-order chi connectivity index (χ0) is 14.2. The Hall–Kier alpha value is -3.02. The number of hydrogen-bond acceptors (Lipinski definition) is 4. The molecule has 6 nitrogen and oxygen atoms in total. The summed E-state index contributed by atoms with van der Waals surface area (Å²) >= 11 is 0. The summed E-state index contributed by atoms with van der Waals surface area (Å²) in [6.07, 6.45) is 9.26. The molecule has 0 atom stereocenters. The molecule has 0 aliphatic heterocycles.